The van der Waals surface area contributed by atoms with Crippen LogP contribution in [0.4, 0.5) is 5.69 Å². The van der Waals surface area contributed by atoms with Crippen molar-refractivity contribution in [3.63, 3.8) is 0 Å². The van der Waals surface area contributed by atoms with E-state index in [1.807, 2.05) is 0 Å². The SMILES string of the molecule is C\C=C/C(=C\C=C(/C)c1ccccc1)N(C1=CC=C(B(C)OC(C)(C)C(C)(C)C)CC=C1)c1ccc(-c2ccccc2)cc1. The van der Waals surface area contributed by atoms with E-state index in [2.05, 4.69) is 194 Å². The summed E-state index contributed by atoms with van der Waals surface area (Å²) in [7, 11) is 0. The van der Waals surface area contributed by atoms with Crippen molar-refractivity contribution < 1.29 is 4.65 Å². The molecule has 2 nitrogen and oxygen atoms in total. The summed E-state index contributed by atoms with van der Waals surface area (Å²) < 4.78 is 6.65. The Morgan fingerprint density at radius 3 is 2.02 bits per heavy atom. The van der Waals surface area contributed by atoms with Crippen LogP contribution in [0.2, 0.25) is 6.82 Å². The summed E-state index contributed by atoms with van der Waals surface area (Å²) in [5.41, 5.74) is 9.18. The van der Waals surface area contributed by atoms with Gasteiger partial charge in [-0.2, -0.15) is 0 Å². The van der Waals surface area contributed by atoms with Gasteiger partial charge in [-0.1, -0.05) is 130 Å². The van der Waals surface area contributed by atoms with E-state index in [1.54, 1.807) is 0 Å². The Hall–Kier alpha value is -4.08. The van der Waals surface area contributed by atoms with E-state index in [0.29, 0.717) is 0 Å². The molecule has 0 amide bonds. The molecule has 0 heterocycles. The first kappa shape index (κ1) is 32.8. The molecule has 0 saturated carbocycles. The van der Waals surface area contributed by atoms with Gasteiger partial charge < -0.3 is 9.55 Å². The number of hydrogen-bond donors (Lipinski definition) is 0. The molecule has 44 heavy (non-hydrogen) atoms. The van der Waals surface area contributed by atoms with Gasteiger partial charge in [0, 0.05) is 17.1 Å². The van der Waals surface area contributed by atoms with Crippen LogP contribution in [-0.2, 0) is 4.65 Å². The molecule has 3 aromatic carbocycles. The van der Waals surface area contributed by atoms with Crippen molar-refractivity contribution in [3.05, 3.63) is 156 Å². The molecule has 3 heteroatoms. The van der Waals surface area contributed by atoms with Crippen LogP contribution < -0.4 is 4.90 Å². The highest BCUT2D eigenvalue weighted by Crippen LogP contribution is 2.35. The van der Waals surface area contributed by atoms with Gasteiger partial charge in [0.05, 0.1) is 5.60 Å². The van der Waals surface area contributed by atoms with E-state index in [4.69, 9.17) is 4.65 Å². The second-order valence-electron chi connectivity index (χ2n) is 13.0. The predicted octanol–water partition coefficient (Wildman–Crippen LogP) is 11.5. The Bertz CT molecular complexity index is 1560. The normalized spacial score (nSPS) is 14.7. The lowest BCUT2D eigenvalue weighted by Crippen LogP contribution is -2.43. The number of allylic oxidation sites excluding steroid dienone is 10. The minimum absolute atomic E-state index is 0.00471. The van der Waals surface area contributed by atoms with Crippen LogP contribution in [0.25, 0.3) is 16.7 Å². The maximum Gasteiger partial charge on any atom is 0.320 e. The van der Waals surface area contributed by atoms with Gasteiger partial charge in [-0.15, -0.1) is 0 Å². The highest BCUT2D eigenvalue weighted by molar-refractivity contribution is 6.59. The average Bonchev–Trinajstić information content (AvgIpc) is 3.27. The number of nitrogens with zero attached hydrogens (tertiary/aromatic N) is 1. The van der Waals surface area contributed by atoms with Crippen molar-refractivity contribution in [1.29, 1.82) is 0 Å². The van der Waals surface area contributed by atoms with Gasteiger partial charge in [-0.3, -0.25) is 0 Å². The van der Waals surface area contributed by atoms with Crippen molar-refractivity contribution in [2.24, 2.45) is 5.41 Å². The third kappa shape index (κ3) is 8.30. The molecule has 3 aromatic rings. The summed E-state index contributed by atoms with van der Waals surface area (Å²) in [5, 5.41) is 0. The highest BCUT2D eigenvalue weighted by atomic mass is 16.5. The predicted molar refractivity (Wildman–Crippen MR) is 194 cm³/mol. The number of hydrogen-bond acceptors (Lipinski definition) is 2. The molecule has 226 valence electrons. The topological polar surface area (TPSA) is 12.5 Å². The summed E-state index contributed by atoms with van der Waals surface area (Å²) in [6.45, 7) is 17.5. The molecule has 0 radical (unpaired) electrons. The van der Waals surface area contributed by atoms with Crippen LogP contribution in [0.3, 0.4) is 0 Å². The van der Waals surface area contributed by atoms with Crippen molar-refractivity contribution in [1.82, 2.24) is 0 Å². The Labute approximate surface area is 267 Å². The van der Waals surface area contributed by atoms with Crippen LogP contribution in [0.5, 0.6) is 0 Å². The molecule has 0 bridgehead atoms. The van der Waals surface area contributed by atoms with Crippen molar-refractivity contribution in [2.45, 2.75) is 67.3 Å². The molecular weight excluding hydrogens is 533 g/mol. The molecule has 0 aromatic heterocycles. The van der Waals surface area contributed by atoms with E-state index in [-0.39, 0.29) is 17.9 Å². The standard InChI is InChI=1S/C41H48BNO/c1-9-17-37(28-24-32(2)33-18-12-10-13-19-33)43(39-29-25-35(26-30-39)34-20-14-11-15-21-34)38-23-16-22-36(27-31-38)42(8)44-41(6,7)40(3,4)5/h9-21,23-31H,22H2,1-8H3/b17-9-,32-24+,37-28+. The van der Waals surface area contributed by atoms with E-state index >= 15 is 0 Å². The molecule has 0 N–H and O–H groups in total. The molecule has 0 atom stereocenters. The van der Waals surface area contributed by atoms with Crippen LogP contribution in [0.1, 0.15) is 60.5 Å². The Morgan fingerprint density at radius 1 is 0.795 bits per heavy atom. The minimum atomic E-state index is -0.257. The second kappa shape index (κ2) is 14.6. The van der Waals surface area contributed by atoms with Crippen LogP contribution in [0, 0.1) is 5.41 Å². The fourth-order valence-electron chi connectivity index (χ4n) is 5.04. The maximum atomic E-state index is 6.65. The van der Waals surface area contributed by atoms with Crippen LogP contribution in [-0.4, -0.2) is 12.5 Å². The largest absolute Gasteiger partial charge is 0.426 e. The average molecular weight is 582 g/mol. The first-order valence-corrected chi connectivity index (χ1v) is 15.8. The fraction of sp³-hybridized carbons (Fsp3) is 0.268. The monoisotopic (exact) mass is 581 g/mol. The lowest BCUT2D eigenvalue weighted by atomic mass is 9.60. The third-order valence-electron chi connectivity index (χ3n) is 8.73. The van der Waals surface area contributed by atoms with Crippen molar-refractivity contribution >= 4 is 18.2 Å². The Kier molecular flexibility index (Phi) is 10.9. The fourth-order valence-corrected chi connectivity index (χ4v) is 5.04. The van der Waals surface area contributed by atoms with Gasteiger partial charge in [-0.25, -0.2) is 0 Å². The molecule has 0 aliphatic heterocycles. The number of anilines is 1. The van der Waals surface area contributed by atoms with Gasteiger partial charge in [0.25, 0.3) is 0 Å². The number of benzene rings is 3. The zero-order valence-electron chi connectivity index (χ0n) is 27.8. The minimum Gasteiger partial charge on any atom is -0.426 e. The van der Waals surface area contributed by atoms with Crippen LogP contribution in [0.15, 0.2) is 150 Å². The van der Waals surface area contributed by atoms with Gasteiger partial charge >= 0.3 is 6.92 Å². The van der Waals surface area contributed by atoms with Gasteiger partial charge in [-0.05, 0) is 98.2 Å². The number of rotatable bonds is 10. The summed E-state index contributed by atoms with van der Waals surface area (Å²) >= 11 is 0. The van der Waals surface area contributed by atoms with E-state index in [0.717, 1.165) is 23.5 Å². The zero-order valence-corrected chi connectivity index (χ0v) is 27.8. The van der Waals surface area contributed by atoms with Gasteiger partial charge in [0.2, 0.25) is 0 Å². The summed E-state index contributed by atoms with van der Waals surface area (Å²) in [5.74, 6) is 0. The van der Waals surface area contributed by atoms with Gasteiger partial charge in [0.15, 0.2) is 0 Å². The molecule has 0 unspecified atom stereocenters. The first-order chi connectivity index (χ1) is 21.0. The molecule has 0 saturated heterocycles. The quantitative estimate of drug-likeness (QED) is 0.174. The Morgan fingerprint density at radius 2 is 1.41 bits per heavy atom. The third-order valence-corrected chi connectivity index (χ3v) is 8.73. The lowest BCUT2D eigenvalue weighted by molar-refractivity contribution is -0.000466. The molecule has 0 fully saturated rings. The summed E-state index contributed by atoms with van der Waals surface area (Å²) in [6, 6.07) is 29.9. The molecular formula is C41H48BNO. The van der Waals surface area contributed by atoms with E-state index < -0.39 is 0 Å². The summed E-state index contributed by atoms with van der Waals surface area (Å²) in [4.78, 5) is 2.34. The Balaban J connectivity index is 1.77. The maximum absolute atomic E-state index is 6.65. The molecule has 1 aliphatic carbocycles. The second-order valence-corrected chi connectivity index (χ2v) is 13.0. The summed E-state index contributed by atoms with van der Waals surface area (Å²) in [6.07, 6.45) is 18.5. The van der Waals surface area contributed by atoms with Gasteiger partial charge in [0.1, 0.15) is 0 Å². The van der Waals surface area contributed by atoms with E-state index in [1.165, 1.54) is 27.7 Å². The molecule has 0 spiro atoms. The van der Waals surface area contributed by atoms with E-state index in [9.17, 15) is 0 Å². The highest BCUT2D eigenvalue weighted by Gasteiger charge is 2.36. The zero-order chi connectivity index (χ0) is 31.7. The molecule has 4 rings (SSSR count). The first-order valence-electron chi connectivity index (χ1n) is 15.8. The van der Waals surface area contributed by atoms with Crippen molar-refractivity contribution in [3.8, 4) is 11.1 Å². The molecule has 1 aliphatic rings. The lowest BCUT2D eigenvalue weighted by Gasteiger charge is -2.41. The van der Waals surface area contributed by atoms with Crippen molar-refractivity contribution in [2.75, 3.05) is 4.90 Å². The van der Waals surface area contributed by atoms with Crippen LogP contribution >= 0.6 is 0 Å². The smallest absolute Gasteiger partial charge is 0.320 e.